The van der Waals surface area contributed by atoms with Gasteiger partial charge in [-0.15, -0.1) is 0 Å². The first kappa shape index (κ1) is 15.0. The summed E-state index contributed by atoms with van der Waals surface area (Å²) in [4.78, 5) is 14.2. The molecule has 0 radical (unpaired) electrons. The van der Waals surface area contributed by atoms with Crippen LogP contribution in [0, 0.1) is 0 Å². The Hall–Kier alpha value is -2.44. The Morgan fingerprint density at radius 3 is 2.81 bits per heavy atom. The number of carbonyl (C=O) groups is 1. The minimum absolute atomic E-state index is 0.00517. The number of hydrogen-bond acceptors (Lipinski definition) is 5. The zero-order valence-electron chi connectivity index (χ0n) is 12.1. The van der Waals surface area contributed by atoms with E-state index in [2.05, 4.69) is 5.16 Å². The standard InChI is InChI=1S/C14H19N3O4/c1-9(2)17(6-5-13(15)16-19)14(18)10-3-4-11-12(7-10)21-8-20-11/h3-4,7,9,19H,5-6,8H2,1-2H3,(H2,15,16). The van der Waals surface area contributed by atoms with E-state index in [0.717, 1.165) is 0 Å². The smallest absolute Gasteiger partial charge is 0.254 e. The molecule has 1 aromatic rings. The van der Waals surface area contributed by atoms with E-state index in [1.165, 1.54) is 0 Å². The third-order valence-corrected chi connectivity index (χ3v) is 3.24. The summed E-state index contributed by atoms with van der Waals surface area (Å²) < 4.78 is 10.5. The van der Waals surface area contributed by atoms with Crippen LogP contribution in [-0.4, -0.2) is 41.2 Å². The number of hydrogen-bond donors (Lipinski definition) is 2. The molecule has 1 aromatic carbocycles. The Labute approximate surface area is 122 Å². The fourth-order valence-electron chi connectivity index (χ4n) is 2.07. The number of fused-ring (bicyclic) bond motifs is 1. The summed E-state index contributed by atoms with van der Waals surface area (Å²) >= 11 is 0. The first-order valence-corrected chi connectivity index (χ1v) is 6.70. The Bertz CT molecular complexity index is 557. The summed E-state index contributed by atoms with van der Waals surface area (Å²) in [6.45, 7) is 4.37. The third kappa shape index (κ3) is 3.36. The highest BCUT2D eigenvalue weighted by molar-refractivity contribution is 5.95. The largest absolute Gasteiger partial charge is 0.454 e. The molecule has 0 aromatic heterocycles. The van der Waals surface area contributed by atoms with Gasteiger partial charge in [-0.05, 0) is 32.0 Å². The van der Waals surface area contributed by atoms with Crippen molar-refractivity contribution in [1.29, 1.82) is 0 Å². The monoisotopic (exact) mass is 293 g/mol. The number of carbonyl (C=O) groups excluding carboxylic acids is 1. The summed E-state index contributed by atoms with van der Waals surface area (Å²) in [6.07, 6.45) is 0.310. The number of oxime groups is 1. The van der Waals surface area contributed by atoms with Crippen LogP contribution in [0.5, 0.6) is 11.5 Å². The molecule has 0 aliphatic carbocycles. The molecule has 0 saturated heterocycles. The van der Waals surface area contributed by atoms with E-state index in [9.17, 15) is 4.79 Å². The second-order valence-electron chi connectivity index (χ2n) is 5.00. The van der Waals surface area contributed by atoms with Gasteiger partial charge < -0.3 is 25.3 Å². The van der Waals surface area contributed by atoms with E-state index in [1.807, 2.05) is 13.8 Å². The van der Waals surface area contributed by atoms with Crippen molar-refractivity contribution in [3.63, 3.8) is 0 Å². The molecule has 0 atom stereocenters. The quantitative estimate of drug-likeness (QED) is 0.370. The van der Waals surface area contributed by atoms with E-state index in [4.69, 9.17) is 20.4 Å². The van der Waals surface area contributed by atoms with E-state index in [0.29, 0.717) is 30.0 Å². The highest BCUT2D eigenvalue weighted by Gasteiger charge is 2.22. The van der Waals surface area contributed by atoms with Crippen LogP contribution >= 0.6 is 0 Å². The van der Waals surface area contributed by atoms with Crippen molar-refractivity contribution in [3.8, 4) is 11.5 Å². The van der Waals surface area contributed by atoms with Crippen molar-refractivity contribution < 1.29 is 19.5 Å². The van der Waals surface area contributed by atoms with Gasteiger partial charge in [-0.25, -0.2) is 0 Å². The maximum Gasteiger partial charge on any atom is 0.254 e. The second-order valence-corrected chi connectivity index (χ2v) is 5.00. The van der Waals surface area contributed by atoms with Gasteiger partial charge in [0.05, 0.1) is 0 Å². The van der Waals surface area contributed by atoms with Crippen LogP contribution in [0.2, 0.25) is 0 Å². The van der Waals surface area contributed by atoms with Crippen molar-refractivity contribution >= 4 is 11.7 Å². The molecular formula is C14H19N3O4. The zero-order chi connectivity index (χ0) is 15.4. The molecule has 0 unspecified atom stereocenters. The van der Waals surface area contributed by atoms with Crippen LogP contribution in [0.1, 0.15) is 30.6 Å². The molecule has 0 spiro atoms. The van der Waals surface area contributed by atoms with Crippen LogP contribution < -0.4 is 15.2 Å². The van der Waals surface area contributed by atoms with E-state index < -0.39 is 0 Å². The highest BCUT2D eigenvalue weighted by atomic mass is 16.7. The summed E-state index contributed by atoms with van der Waals surface area (Å²) in [7, 11) is 0. The van der Waals surface area contributed by atoms with Gasteiger partial charge in [0.1, 0.15) is 5.84 Å². The fraction of sp³-hybridized carbons (Fsp3) is 0.429. The van der Waals surface area contributed by atoms with Crippen molar-refractivity contribution in [1.82, 2.24) is 4.90 Å². The van der Waals surface area contributed by atoms with Crippen molar-refractivity contribution in [2.24, 2.45) is 10.9 Å². The van der Waals surface area contributed by atoms with E-state index in [1.54, 1.807) is 23.1 Å². The maximum absolute atomic E-state index is 12.6. The molecule has 0 fully saturated rings. The molecule has 7 heteroatoms. The molecule has 2 rings (SSSR count). The number of nitrogens with two attached hydrogens (primary N) is 1. The van der Waals surface area contributed by atoms with Gasteiger partial charge in [0.25, 0.3) is 5.91 Å². The minimum atomic E-state index is -0.131. The molecule has 0 bridgehead atoms. The third-order valence-electron chi connectivity index (χ3n) is 3.24. The average Bonchev–Trinajstić information content (AvgIpc) is 2.93. The number of benzene rings is 1. The molecule has 21 heavy (non-hydrogen) atoms. The Morgan fingerprint density at radius 1 is 1.43 bits per heavy atom. The number of rotatable bonds is 5. The molecule has 1 aliphatic rings. The molecule has 7 nitrogen and oxygen atoms in total. The van der Waals surface area contributed by atoms with Crippen LogP contribution in [0.3, 0.4) is 0 Å². The summed E-state index contributed by atoms with van der Waals surface area (Å²) in [6, 6.07) is 5.09. The SMILES string of the molecule is CC(C)N(CCC(N)=NO)C(=O)c1ccc2c(c1)OCO2. The Morgan fingerprint density at radius 2 is 2.14 bits per heavy atom. The van der Waals surface area contributed by atoms with Gasteiger partial charge in [0.2, 0.25) is 6.79 Å². The predicted octanol–water partition coefficient (Wildman–Crippen LogP) is 1.40. The molecule has 1 aliphatic heterocycles. The van der Waals surface area contributed by atoms with Gasteiger partial charge in [-0.1, -0.05) is 5.16 Å². The first-order valence-electron chi connectivity index (χ1n) is 6.70. The molecule has 3 N–H and O–H groups in total. The Balaban J connectivity index is 2.14. The molecule has 114 valence electrons. The molecule has 0 saturated carbocycles. The lowest BCUT2D eigenvalue weighted by atomic mass is 10.1. The van der Waals surface area contributed by atoms with Gasteiger partial charge in [0, 0.05) is 24.6 Å². The summed E-state index contributed by atoms with van der Waals surface area (Å²) in [5.41, 5.74) is 5.98. The van der Waals surface area contributed by atoms with Gasteiger partial charge in [0.15, 0.2) is 11.5 Å². The van der Waals surface area contributed by atoms with E-state index >= 15 is 0 Å². The number of ether oxygens (including phenoxy) is 2. The van der Waals surface area contributed by atoms with Crippen LogP contribution in [0.25, 0.3) is 0 Å². The predicted molar refractivity (Wildman–Crippen MR) is 76.8 cm³/mol. The van der Waals surface area contributed by atoms with Crippen molar-refractivity contribution in [2.75, 3.05) is 13.3 Å². The average molecular weight is 293 g/mol. The fourth-order valence-corrected chi connectivity index (χ4v) is 2.07. The molecule has 1 amide bonds. The number of nitrogens with zero attached hydrogens (tertiary/aromatic N) is 2. The van der Waals surface area contributed by atoms with Gasteiger partial charge in [-0.3, -0.25) is 4.79 Å². The normalized spacial score (nSPS) is 13.6. The van der Waals surface area contributed by atoms with E-state index in [-0.39, 0.29) is 24.6 Å². The minimum Gasteiger partial charge on any atom is -0.454 e. The molecular weight excluding hydrogens is 274 g/mol. The Kier molecular flexibility index (Phi) is 4.52. The lowest BCUT2D eigenvalue weighted by Gasteiger charge is -2.26. The second kappa shape index (κ2) is 6.34. The van der Waals surface area contributed by atoms with Gasteiger partial charge in [-0.2, -0.15) is 0 Å². The summed E-state index contributed by atoms with van der Waals surface area (Å²) in [5, 5.41) is 11.5. The van der Waals surface area contributed by atoms with Crippen LogP contribution in [0.15, 0.2) is 23.4 Å². The van der Waals surface area contributed by atoms with Crippen LogP contribution in [0.4, 0.5) is 0 Å². The summed E-state index contributed by atoms with van der Waals surface area (Å²) in [5.74, 6) is 1.17. The zero-order valence-corrected chi connectivity index (χ0v) is 12.1. The van der Waals surface area contributed by atoms with Gasteiger partial charge >= 0.3 is 0 Å². The maximum atomic E-state index is 12.6. The first-order chi connectivity index (χ1) is 10.0. The number of amides is 1. The topological polar surface area (TPSA) is 97.4 Å². The highest BCUT2D eigenvalue weighted by Crippen LogP contribution is 2.32. The van der Waals surface area contributed by atoms with Crippen LogP contribution in [-0.2, 0) is 0 Å². The van der Waals surface area contributed by atoms with Crippen molar-refractivity contribution in [2.45, 2.75) is 26.3 Å². The molecule has 1 heterocycles. The lowest BCUT2D eigenvalue weighted by molar-refractivity contribution is 0.0710. The number of amidine groups is 1. The van der Waals surface area contributed by atoms with Crippen molar-refractivity contribution in [3.05, 3.63) is 23.8 Å². The lowest BCUT2D eigenvalue weighted by Crippen LogP contribution is -2.39.